The van der Waals surface area contributed by atoms with Crippen LogP contribution in [0.1, 0.15) is 89.5 Å². The summed E-state index contributed by atoms with van der Waals surface area (Å²) in [6, 6.07) is 5.61. The highest BCUT2D eigenvalue weighted by molar-refractivity contribution is 5.92. The molecule has 1 rings (SSSR count). The lowest BCUT2D eigenvalue weighted by Crippen LogP contribution is -2.39. The summed E-state index contributed by atoms with van der Waals surface area (Å²) in [5.74, 6) is 1.29. The van der Waals surface area contributed by atoms with Crippen LogP contribution in [0, 0.1) is 11.8 Å². The standard InChI is InChI=1S/C22H38N2O/c1-5-9-13-19(7-3)17-24(18-20(8-4)14-10-6-2)22(25)21-15-11-12-16-23-21/h11-12,15-16,19-20H,5-10,13-14,17-18H2,1-4H3. The molecule has 0 aliphatic carbocycles. The van der Waals surface area contributed by atoms with E-state index in [0.717, 1.165) is 25.9 Å². The molecule has 0 radical (unpaired) electrons. The summed E-state index contributed by atoms with van der Waals surface area (Å²) >= 11 is 0. The molecular weight excluding hydrogens is 308 g/mol. The second-order valence-electron chi connectivity index (χ2n) is 7.26. The van der Waals surface area contributed by atoms with Crippen LogP contribution in [-0.2, 0) is 0 Å². The third-order valence-electron chi connectivity index (χ3n) is 5.21. The number of carbonyl (C=O) groups excluding carboxylic acids is 1. The normalized spacial score (nSPS) is 13.4. The molecule has 142 valence electrons. The van der Waals surface area contributed by atoms with Crippen molar-refractivity contribution in [2.24, 2.45) is 11.8 Å². The lowest BCUT2D eigenvalue weighted by atomic mass is 9.95. The van der Waals surface area contributed by atoms with Crippen molar-refractivity contribution in [3.63, 3.8) is 0 Å². The number of aromatic nitrogens is 1. The van der Waals surface area contributed by atoms with Gasteiger partial charge >= 0.3 is 0 Å². The molecule has 0 aliphatic rings. The molecule has 3 heteroatoms. The van der Waals surface area contributed by atoms with Gasteiger partial charge in [-0.2, -0.15) is 0 Å². The highest BCUT2D eigenvalue weighted by Crippen LogP contribution is 2.20. The third kappa shape index (κ3) is 8.02. The molecule has 0 aromatic carbocycles. The topological polar surface area (TPSA) is 33.2 Å². The molecule has 0 aliphatic heterocycles. The Morgan fingerprint density at radius 1 is 0.960 bits per heavy atom. The van der Waals surface area contributed by atoms with Crippen LogP contribution < -0.4 is 0 Å². The predicted molar refractivity (Wildman–Crippen MR) is 107 cm³/mol. The van der Waals surface area contributed by atoms with Crippen molar-refractivity contribution in [2.75, 3.05) is 13.1 Å². The quantitative estimate of drug-likeness (QED) is 0.442. The van der Waals surface area contributed by atoms with Crippen LogP contribution in [0.15, 0.2) is 24.4 Å². The van der Waals surface area contributed by atoms with Gasteiger partial charge in [-0.3, -0.25) is 9.78 Å². The lowest BCUT2D eigenvalue weighted by Gasteiger charge is -2.30. The van der Waals surface area contributed by atoms with E-state index in [9.17, 15) is 4.79 Å². The lowest BCUT2D eigenvalue weighted by molar-refractivity contribution is 0.0679. The van der Waals surface area contributed by atoms with Crippen LogP contribution in [0.2, 0.25) is 0 Å². The minimum atomic E-state index is 0.102. The Labute approximate surface area is 155 Å². The Hall–Kier alpha value is -1.38. The average molecular weight is 347 g/mol. The first-order valence-electron chi connectivity index (χ1n) is 10.4. The highest BCUT2D eigenvalue weighted by atomic mass is 16.2. The van der Waals surface area contributed by atoms with Crippen LogP contribution >= 0.6 is 0 Å². The van der Waals surface area contributed by atoms with E-state index in [1.54, 1.807) is 6.20 Å². The smallest absolute Gasteiger partial charge is 0.272 e. The maximum Gasteiger partial charge on any atom is 0.272 e. The monoisotopic (exact) mass is 346 g/mol. The molecule has 0 N–H and O–H groups in total. The molecule has 1 heterocycles. The molecular formula is C22H38N2O. The Bertz CT molecular complexity index is 442. The van der Waals surface area contributed by atoms with Crippen molar-refractivity contribution in [2.45, 2.75) is 79.1 Å². The number of pyridine rings is 1. The van der Waals surface area contributed by atoms with Gasteiger partial charge < -0.3 is 4.90 Å². The number of nitrogens with zero attached hydrogens (tertiary/aromatic N) is 2. The van der Waals surface area contributed by atoms with Gasteiger partial charge in [0, 0.05) is 19.3 Å². The maximum atomic E-state index is 13.1. The van der Waals surface area contributed by atoms with Gasteiger partial charge in [0.25, 0.3) is 5.91 Å². The molecule has 0 bridgehead atoms. The van der Waals surface area contributed by atoms with Gasteiger partial charge in [-0.1, -0.05) is 72.3 Å². The van der Waals surface area contributed by atoms with Gasteiger partial charge in [-0.25, -0.2) is 0 Å². The molecule has 2 atom stereocenters. The number of hydrogen-bond acceptors (Lipinski definition) is 2. The summed E-state index contributed by atoms with van der Waals surface area (Å²) in [7, 11) is 0. The molecule has 0 saturated carbocycles. The van der Waals surface area contributed by atoms with E-state index in [1.807, 2.05) is 18.2 Å². The van der Waals surface area contributed by atoms with E-state index in [2.05, 4.69) is 37.6 Å². The fourth-order valence-electron chi connectivity index (χ4n) is 3.35. The molecule has 0 fully saturated rings. The zero-order valence-corrected chi connectivity index (χ0v) is 16.8. The van der Waals surface area contributed by atoms with Gasteiger partial charge in [0.2, 0.25) is 0 Å². The van der Waals surface area contributed by atoms with Gasteiger partial charge in [-0.05, 0) is 36.8 Å². The predicted octanol–water partition coefficient (Wildman–Crippen LogP) is 5.96. The minimum Gasteiger partial charge on any atom is -0.337 e. The first kappa shape index (κ1) is 21.7. The molecule has 3 nitrogen and oxygen atoms in total. The molecule has 0 spiro atoms. The fourth-order valence-corrected chi connectivity index (χ4v) is 3.35. The first-order chi connectivity index (χ1) is 12.2. The average Bonchev–Trinajstić information content (AvgIpc) is 2.67. The molecule has 25 heavy (non-hydrogen) atoms. The van der Waals surface area contributed by atoms with E-state index < -0.39 is 0 Å². The second-order valence-corrected chi connectivity index (χ2v) is 7.26. The van der Waals surface area contributed by atoms with E-state index >= 15 is 0 Å². The van der Waals surface area contributed by atoms with Crippen molar-refractivity contribution in [1.29, 1.82) is 0 Å². The molecule has 0 saturated heterocycles. The number of amides is 1. The summed E-state index contributed by atoms with van der Waals surface area (Å²) in [4.78, 5) is 19.5. The van der Waals surface area contributed by atoms with Crippen molar-refractivity contribution in [1.82, 2.24) is 9.88 Å². The summed E-state index contributed by atoms with van der Waals surface area (Å²) in [5.41, 5.74) is 0.582. The van der Waals surface area contributed by atoms with E-state index in [4.69, 9.17) is 0 Å². The van der Waals surface area contributed by atoms with Crippen molar-refractivity contribution in [3.8, 4) is 0 Å². The third-order valence-corrected chi connectivity index (χ3v) is 5.21. The number of hydrogen-bond donors (Lipinski definition) is 0. The van der Waals surface area contributed by atoms with Gasteiger partial charge in [-0.15, -0.1) is 0 Å². The summed E-state index contributed by atoms with van der Waals surface area (Å²) in [6.07, 6.45) is 11.4. The molecule has 1 amide bonds. The van der Waals surface area contributed by atoms with Crippen molar-refractivity contribution >= 4 is 5.91 Å². The van der Waals surface area contributed by atoms with Crippen molar-refractivity contribution < 1.29 is 4.79 Å². The van der Waals surface area contributed by atoms with Crippen LogP contribution in [-0.4, -0.2) is 28.9 Å². The van der Waals surface area contributed by atoms with Crippen LogP contribution in [0.3, 0.4) is 0 Å². The van der Waals surface area contributed by atoms with E-state index in [-0.39, 0.29) is 5.91 Å². The highest BCUT2D eigenvalue weighted by Gasteiger charge is 2.23. The number of carbonyl (C=O) groups is 1. The zero-order valence-electron chi connectivity index (χ0n) is 16.8. The van der Waals surface area contributed by atoms with Gasteiger partial charge in [0.05, 0.1) is 0 Å². The molecule has 1 aromatic rings. The Morgan fingerprint density at radius 2 is 1.52 bits per heavy atom. The van der Waals surface area contributed by atoms with Crippen LogP contribution in [0.25, 0.3) is 0 Å². The summed E-state index contributed by atoms with van der Waals surface area (Å²) in [5, 5.41) is 0. The van der Waals surface area contributed by atoms with Crippen LogP contribution in [0.4, 0.5) is 0 Å². The second kappa shape index (κ2) is 12.9. The van der Waals surface area contributed by atoms with Crippen LogP contribution in [0.5, 0.6) is 0 Å². The zero-order chi connectivity index (χ0) is 18.5. The summed E-state index contributed by atoms with van der Waals surface area (Å²) < 4.78 is 0. The molecule has 1 aromatic heterocycles. The summed E-state index contributed by atoms with van der Waals surface area (Å²) in [6.45, 7) is 10.7. The largest absolute Gasteiger partial charge is 0.337 e. The van der Waals surface area contributed by atoms with E-state index in [0.29, 0.717) is 17.5 Å². The number of unbranched alkanes of at least 4 members (excludes halogenated alkanes) is 2. The fraction of sp³-hybridized carbons (Fsp3) is 0.727. The SMILES string of the molecule is CCCCC(CC)CN(CC(CC)CCCC)C(=O)c1ccccn1. The Morgan fingerprint density at radius 3 is 1.92 bits per heavy atom. The molecule has 2 unspecified atom stereocenters. The minimum absolute atomic E-state index is 0.102. The Balaban J connectivity index is 2.86. The first-order valence-corrected chi connectivity index (χ1v) is 10.4. The maximum absolute atomic E-state index is 13.1. The van der Waals surface area contributed by atoms with Gasteiger partial charge in [0.1, 0.15) is 5.69 Å². The van der Waals surface area contributed by atoms with Crippen molar-refractivity contribution in [3.05, 3.63) is 30.1 Å². The van der Waals surface area contributed by atoms with Gasteiger partial charge in [0.15, 0.2) is 0 Å². The number of rotatable bonds is 13. The van der Waals surface area contributed by atoms with E-state index in [1.165, 1.54) is 38.5 Å². The Kier molecular flexibility index (Phi) is 11.2.